The number of rotatable bonds is 5. The molecule has 1 aromatic rings. The first kappa shape index (κ1) is 15.5. The largest absolute Gasteiger partial charge is 0.337 e. The Morgan fingerprint density at radius 3 is 2.74 bits per heavy atom. The van der Waals surface area contributed by atoms with E-state index in [4.69, 9.17) is 16.9 Å². The zero-order valence-corrected chi connectivity index (χ0v) is 11.7. The Morgan fingerprint density at radius 1 is 1.53 bits per heavy atom. The van der Waals surface area contributed by atoms with E-state index in [1.807, 2.05) is 19.9 Å². The fourth-order valence-corrected chi connectivity index (χ4v) is 1.89. The molecule has 0 fully saturated rings. The maximum Gasteiger partial charge on any atom is 0.256 e. The van der Waals surface area contributed by atoms with Gasteiger partial charge in [-0.25, -0.2) is 4.39 Å². The Bertz CT molecular complexity index is 497. The minimum Gasteiger partial charge on any atom is -0.337 e. The Balaban J connectivity index is 2.94. The SMILES string of the molecule is CC(C)CN(CCC#N)C(=O)c1ccc(Cl)cc1F. The van der Waals surface area contributed by atoms with Crippen LogP contribution in [0.5, 0.6) is 0 Å². The summed E-state index contributed by atoms with van der Waals surface area (Å²) in [6, 6.07) is 5.97. The van der Waals surface area contributed by atoms with Gasteiger partial charge < -0.3 is 4.90 Å². The molecule has 0 radical (unpaired) electrons. The van der Waals surface area contributed by atoms with Crippen molar-refractivity contribution in [3.8, 4) is 6.07 Å². The first-order valence-corrected chi connectivity index (χ1v) is 6.44. The van der Waals surface area contributed by atoms with Crippen LogP contribution in [0.15, 0.2) is 18.2 Å². The summed E-state index contributed by atoms with van der Waals surface area (Å²) < 4.78 is 13.7. The van der Waals surface area contributed by atoms with Crippen LogP contribution in [0.3, 0.4) is 0 Å². The Kier molecular flexibility index (Phi) is 5.78. The third-order valence-corrected chi connectivity index (χ3v) is 2.76. The average molecular weight is 283 g/mol. The fraction of sp³-hybridized carbons (Fsp3) is 0.429. The average Bonchev–Trinajstić information content (AvgIpc) is 2.33. The van der Waals surface area contributed by atoms with Gasteiger partial charge in [-0.1, -0.05) is 25.4 Å². The molecule has 0 heterocycles. The molecule has 0 unspecified atom stereocenters. The predicted octanol–water partition coefficient (Wildman–Crippen LogP) is 3.49. The summed E-state index contributed by atoms with van der Waals surface area (Å²) >= 11 is 5.66. The van der Waals surface area contributed by atoms with Crippen molar-refractivity contribution >= 4 is 17.5 Å². The lowest BCUT2D eigenvalue weighted by atomic mass is 10.1. The summed E-state index contributed by atoms with van der Waals surface area (Å²) in [4.78, 5) is 13.8. The molecule has 1 rings (SSSR count). The summed E-state index contributed by atoms with van der Waals surface area (Å²) in [5.74, 6) is -0.792. The van der Waals surface area contributed by atoms with Crippen molar-refractivity contribution in [2.75, 3.05) is 13.1 Å². The van der Waals surface area contributed by atoms with Crippen molar-refractivity contribution in [2.24, 2.45) is 5.92 Å². The van der Waals surface area contributed by atoms with Gasteiger partial charge in [0.15, 0.2) is 0 Å². The summed E-state index contributed by atoms with van der Waals surface area (Å²) in [7, 11) is 0. The van der Waals surface area contributed by atoms with Crippen LogP contribution in [-0.4, -0.2) is 23.9 Å². The summed E-state index contributed by atoms with van der Waals surface area (Å²) in [5.41, 5.74) is -0.0111. The van der Waals surface area contributed by atoms with Crippen molar-refractivity contribution in [3.05, 3.63) is 34.6 Å². The van der Waals surface area contributed by atoms with Crippen LogP contribution in [-0.2, 0) is 0 Å². The van der Waals surface area contributed by atoms with E-state index in [9.17, 15) is 9.18 Å². The summed E-state index contributed by atoms with van der Waals surface area (Å²) in [6.07, 6.45) is 0.230. The Morgan fingerprint density at radius 2 is 2.21 bits per heavy atom. The third-order valence-electron chi connectivity index (χ3n) is 2.53. The second kappa shape index (κ2) is 7.10. The van der Waals surface area contributed by atoms with Gasteiger partial charge in [0.1, 0.15) is 5.82 Å². The lowest BCUT2D eigenvalue weighted by Crippen LogP contribution is -2.35. The number of hydrogen-bond donors (Lipinski definition) is 0. The molecule has 1 amide bonds. The molecule has 0 saturated heterocycles. The van der Waals surface area contributed by atoms with Crippen molar-refractivity contribution < 1.29 is 9.18 Å². The van der Waals surface area contributed by atoms with Gasteiger partial charge >= 0.3 is 0 Å². The van der Waals surface area contributed by atoms with Crippen LogP contribution >= 0.6 is 11.6 Å². The second-order valence-corrected chi connectivity index (χ2v) is 5.11. The highest BCUT2D eigenvalue weighted by molar-refractivity contribution is 6.30. The van der Waals surface area contributed by atoms with E-state index in [1.165, 1.54) is 17.0 Å². The van der Waals surface area contributed by atoms with Crippen molar-refractivity contribution in [3.63, 3.8) is 0 Å². The highest BCUT2D eigenvalue weighted by atomic mass is 35.5. The summed E-state index contributed by atoms with van der Waals surface area (Å²) in [6.45, 7) is 4.72. The van der Waals surface area contributed by atoms with Crippen LogP contribution in [0.4, 0.5) is 4.39 Å². The molecule has 0 aliphatic heterocycles. The van der Waals surface area contributed by atoms with Gasteiger partial charge in [-0.15, -0.1) is 0 Å². The van der Waals surface area contributed by atoms with Crippen molar-refractivity contribution in [2.45, 2.75) is 20.3 Å². The molecule has 3 nitrogen and oxygen atoms in total. The lowest BCUT2D eigenvalue weighted by molar-refractivity contribution is 0.0735. The van der Waals surface area contributed by atoms with E-state index in [0.29, 0.717) is 13.1 Å². The normalized spacial score (nSPS) is 10.3. The molecular weight excluding hydrogens is 267 g/mol. The molecule has 5 heteroatoms. The monoisotopic (exact) mass is 282 g/mol. The van der Waals surface area contributed by atoms with Crippen LogP contribution in [0, 0.1) is 23.1 Å². The number of carbonyl (C=O) groups is 1. The second-order valence-electron chi connectivity index (χ2n) is 4.68. The Labute approximate surface area is 117 Å². The number of halogens is 2. The molecule has 0 aromatic heterocycles. The van der Waals surface area contributed by atoms with E-state index < -0.39 is 11.7 Å². The molecule has 0 aliphatic rings. The van der Waals surface area contributed by atoms with Gasteiger partial charge in [0, 0.05) is 18.1 Å². The molecular formula is C14H16ClFN2O. The molecule has 1 aromatic carbocycles. The van der Waals surface area contributed by atoms with Gasteiger partial charge in [-0.2, -0.15) is 5.26 Å². The third kappa shape index (κ3) is 4.53. The molecule has 0 saturated carbocycles. The number of nitriles is 1. The van der Waals surface area contributed by atoms with Gasteiger partial charge in [0.25, 0.3) is 5.91 Å². The highest BCUT2D eigenvalue weighted by Gasteiger charge is 2.19. The molecule has 19 heavy (non-hydrogen) atoms. The molecule has 102 valence electrons. The lowest BCUT2D eigenvalue weighted by Gasteiger charge is -2.23. The van der Waals surface area contributed by atoms with Gasteiger partial charge in [0.05, 0.1) is 18.1 Å². The first-order valence-electron chi connectivity index (χ1n) is 6.07. The smallest absolute Gasteiger partial charge is 0.256 e. The minimum atomic E-state index is -0.636. The standard InChI is InChI=1S/C14H16ClFN2O/c1-10(2)9-18(7-3-6-17)14(19)12-5-4-11(15)8-13(12)16/h4-5,8,10H,3,7,9H2,1-2H3. The molecule has 0 spiro atoms. The maximum absolute atomic E-state index is 13.7. The van der Waals surface area contributed by atoms with E-state index in [2.05, 4.69) is 0 Å². The van der Waals surface area contributed by atoms with Gasteiger partial charge in [-0.3, -0.25) is 4.79 Å². The quantitative estimate of drug-likeness (QED) is 0.830. The van der Waals surface area contributed by atoms with E-state index in [0.717, 1.165) is 6.07 Å². The summed E-state index contributed by atoms with van der Waals surface area (Å²) in [5, 5.41) is 8.86. The number of amides is 1. The zero-order chi connectivity index (χ0) is 14.4. The maximum atomic E-state index is 13.7. The van der Waals surface area contributed by atoms with E-state index in [1.54, 1.807) is 0 Å². The topological polar surface area (TPSA) is 44.1 Å². The van der Waals surface area contributed by atoms with Crippen LogP contribution in [0.1, 0.15) is 30.6 Å². The van der Waals surface area contributed by atoms with Crippen LogP contribution in [0.2, 0.25) is 5.02 Å². The first-order chi connectivity index (χ1) is 8.95. The molecule has 0 bridgehead atoms. The minimum absolute atomic E-state index is 0.0111. The molecule has 0 N–H and O–H groups in total. The molecule has 0 aliphatic carbocycles. The van der Waals surface area contributed by atoms with Crippen molar-refractivity contribution in [1.29, 1.82) is 5.26 Å². The van der Waals surface area contributed by atoms with Crippen LogP contribution < -0.4 is 0 Å². The van der Waals surface area contributed by atoms with Gasteiger partial charge in [-0.05, 0) is 24.1 Å². The zero-order valence-electron chi connectivity index (χ0n) is 11.0. The van der Waals surface area contributed by atoms with Crippen molar-refractivity contribution in [1.82, 2.24) is 4.90 Å². The number of hydrogen-bond acceptors (Lipinski definition) is 2. The Hall–Kier alpha value is -1.60. The number of benzene rings is 1. The number of nitrogens with zero attached hydrogens (tertiary/aromatic N) is 2. The van der Waals surface area contributed by atoms with Crippen LogP contribution in [0.25, 0.3) is 0 Å². The fourth-order valence-electron chi connectivity index (χ4n) is 1.73. The van der Waals surface area contributed by atoms with E-state index in [-0.39, 0.29) is 22.9 Å². The molecule has 0 atom stereocenters. The predicted molar refractivity (Wildman–Crippen MR) is 72.4 cm³/mol. The number of carbonyl (C=O) groups excluding carboxylic acids is 1. The van der Waals surface area contributed by atoms with E-state index >= 15 is 0 Å². The van der Waals surface area contributed by atoms with Gasteiger partial charge in [0.2, 0.25) is 0 Å². The highest BCUT2D eigenvalue weighted by Crippen LogP contribution is 2.17.